The first-order chi connectivity index (χ1) is 7.38. The van der Waals surface area contributed by atoms with Crippen LogP contribution in [0, 0.1) is 5.92 Å². The van der Waals surface area contributed by atoms with Crippen LogP contribution in [0.15, 0.2) is 22.7 Å². The van der Waals surface area contributed by atoms with Crippen molar-refractivity contribution in [1.29, 1.82) is 0 Å². The fraction of sp³-hybridized carbons (Fsp3) is 0.455. The molecule has 16 heavy (non-hydrogen) atoms. The van der Waals surface area contributed by atoms with Crippen molar-refractivity contribution >= 4 is 15.9 Å². The third-order valence-electron chi connectivity index (χ3n) is 2.76. The van der Waals surface area contributed by atoms with E-state index in [9.17, 15) is 13.2 Å². The van der Waals surface area contributed by atoms with Crippen molar-refractivity contribution in [2.24, 2.45) is 11.7 Å². The lowest BCUT2D eigenvalue weighted by molar-refractivity contribution is -0.137. The third-order valence-corrected chi connectivity index (χ3v) is 3.22. The van der Waals surface area contributed by atoms with Crippen LogP contribution in [-0.4, -0.2) is 0 Å². The van der Waals surface area contributed by atoms with Gasteiger partial charge in [0.25, 0.3) is 0 Å². The molecule has 1 unspecified atom stereocenters. The molecule has 1 aromatic carbocycles. The van der Waals surface area contributed by atoms with Crippen LogP contribution in [0.4, 0.5) is 13.2 Å². The van der Waals surface area contributed by atoms with E-state index >= 15 is 0 Å². The van der Waals surface area contributed by atoms with Gasteiger partial charge in [-0.15, -0.1) is 0 Å². The van der Waals surface area contributed by atoms with E-state index in [0.717, 1.165) is 25.0 Å². The van der Waals surface area contributed by atoms with Crippen LogP contribution < -0.4 is 5.73 Å². The number of alkyl halides is 3. The molecule has 0 spiro atoms. The number of nitrogens with two attached hydrogens (primary N) is 1. The number of halogens is 4. The molecule has 5 heteroatoms. The molecular weight excluding hydrogens is 283 g/mol. The second-order valence-electron chi connectivity index (χ2n) is 4.13. The van der Waals surface area contributed by atoms with Crippen LogP contribution in [0.5, 0.6) is 0 Å². The van der Waals surface area contributed by atoms with Crippen LogP contribution in [0.3, 0.4) is 0 Å². The van der Waals surface area contributed by atoms with Crippen molar-refractivity contribution in [3.8, 4) is 0 Å². The quantitative estimate of drug-likeness (QED) is 0.880. The van der Waals surface area contributed by atoms with Gasteiger partial charge in [-0.05, 0) is 42.5 Å². The summed E-state index contributed by atoms with van der Waals surface area (Å²) in [6.07, 6.45) is -2.30. The predicted molar refractivity (Wildman–Crippen MR) is 58.8 cm³/mol. The zero-order valence-electron chi connectivity index (χ0n) is 8.39. The number of benzene rings is 1. The Morgan fingerprint density at radius 2 is 1.88 bits per heavy atom. The summed E-state index contributed by atoms with van der Waals surface area (Å²) in [5.74, 6) is 0.343. The van der Waals surface area contributed by atoms with Crippen molar-refractivity contribution in [2.75, 3.05) is 0 Å². The minimum absolute atomic E-state index is 0.279. The molecule has 1 aromatic rings. The molecule has 1 aliphatic carbocycles. The van der Waals surface area contributed by atoms with Crippen LogP contribution in [0.2, 0.25) is 0 Å². The largest absolute Gasteiger partial charge is 0.416 e. The van der Waals surface area contributed by atoms with E-state index in [1.807, 2.05) is 0 Å². The van der Waals surface area contributed by atoms with Crippen LogP contribution in [0.25, 0.3) is 0 Å². The lowest BCUT2D eigenvalue weighted by Crippen LogP contribution is -2.14. The van der Waals surface area contributed by atoms with Crippen molar-refractivity contribution in [2.45, 2.75) is 25.1 Å². The average Bonchev–Trinajstić information content (AvgIpc) is 2.97. The van der Waals surface area contributed by atoms with Crippen molar-refractivity contribution in [3.63, 3.8) is 0 Å². The molecule has 0 bridgehead atoms. The van der Waals surface area contributed by atoms with Crippen molar-refractivity contribution < 1.29 is 13.2 Å². The van der Waals surface area contributed by atoms with Crippen LogP contribution in [0.1, 0.15) is 30.0 Å². The molecule has 0 saturated heterocycles. The number of hydrogen-bond donors (Lipinski definition) is 1. The summed E-state index contributed by atoms with van der Waals surface area (Å²) in [6, 6.07) is 3.60. The van der Waals surface area contributed by atoms with E-state index in [2.05, 4.69) is 15.9 Å². The molecular formula is C11H11BrF3N. The fourth-order valence-corrected chi connectivity index (χ4v) is 2.21. The Hall–Kier alpha value is -0.550. The standard InChI is InChI=1S/C11H11BrF3N/c12-9-4-7(10(16)6-1-2-6)3-8(5-9)11(13,14)15/h3-6,10H,1-2,16H2. The van der Waals surface area contributed by atoms with E-state index in [1.54, 1.807) is 6.07 Å². The lowest BCUT2D eigenvalue weighted by atomic mass is 10.0. The lowest BCUT2D eigenvalue weighted by Gasteiger charge is -2.14. The Morgan fingerprint density at radius 1 is 1.25 bits per heavy atom. The smallest absolute Gasteiger partial charge is 0.324 e. The summed E-state index contributed by atoms with van der Waals surface area (Å²) in [5.41, 5.74) is 5.81. The number of hydrogen-bond acceptors (Lipinski definition) is 1. The van der Waals surface area contributed by atoms with Gasteiger partial charge < -0.3 is 5.73 Å². The first-order valence-corrected chi connectivity index (χ1v) is 5.80. The van der Waals surface area contributed by atoms with Gasteiger partial charge >= 0.3 is 6.18 Å². The molecule has 0 aliphatic heterocycles. The van der Waals surface area contributed by atoms with Gasteiger partial charge in [0, 0.05) is 10.5 Å². The van der Waals surface area contributed by atoms with Crippen LogP contribution in [-0.2, 0) is 6.18 Å². The Morgan fingerprint density at radius 3 is 2.38 bits per heavy atom. The highest BCUT2D eigenvalue weighted by Gasteiger charge is 2.34. The van der Waals surface area contributed by atoms with Gasteiger partial charge in [0.1, 0.15) is 0 Å². The fourth-order valence-electron chi connectivity index (χ4n) is 1.70. The highest BCUT2D eigenvalue weighted by Crippen LogP contribution is 2.41. The van der Waals surface area contributed by atoms with E-state index in [0.29, 0.717) is 16.0 Å². The molecule has 1 saturated carbocycles. The van der Waals surface area contributed by atoms with E-state index < -0.39 is 11.7 Å². The normalized spacial score (nSPS) is 18.6. The maximum Gasteiger partial charge on any atom is 0.416 e. The highest BCUT2D eigenvalue weighted by atomic mass is 79.9. The summed E-state index contributed by atoms with van der Waals surface area (Å²) in [6.45, 7) is 0. The Kier molecular flexibility index (Phi) is 3.01. The minimum Gasteiger partial charge on any atom is -0.324 e. The van der Waals surface area contributed by atoms with Gasteiger partial charge in [0.05, 0.1) is 5.56 Å². The average molecular weight is 294 g/mol. The molecule has 1 nitrogen and oxygen atoms in total. The zero-order chi connectivity index (χ0) is 11.9. The first kappa shape index (κ1) is 11.9. The Labute approximate surface area is 100.0 Å². The molecule has 1 aliphatic rings. The summed E-state index contributed by atoms with van der Waals surface area (Å²) >= 11 is 3.09. The summed E-state index contributed by atoms with van der Waals surface area (Å²) in [5, 5.41) is 0. The molecule has 1 atom stereocenters. The molecule has 88 valence electrons. The molecule has 0 aromatic heterocycles. The second kappa shape index (κ2) is 4.04. The first-order valence-electron chi connectivity index (χ1n) is 5.01. The maximum atomic E-state index is 12.6. The molecule has 2 rings (SSSR count). The van der Waals surface area contributed by atoms with Gasteiger partial charge in [-0.1, -0.05) is 15.9 Å². The SMILES string of the molecule is NC(c1cc(Br)cc(C(F)(F)F)c1)C1CC1. The molecule has 1 fully saturated rings. The van der Waals surface area contributed by atoms with Gasteiger partial charge in [-0.2, -0.15) is 13.2 Å². The summed E-state index contributed by atoms with van der Waals surface area (Å²) in [4.78, 5) is 0. The summed E-state index contributed by atoms with van der Waals surface area (Å²) in [7, 11) is 0. The summed E-state index contributed by atoms with van der Waals surface area (Å²) < 4.78 is 38.1. The molecule has 0 radical (unpaired) electrons. The van der Waals surface area contributed by atoms with Gasteiger partial charge in [-0.3, -0.25) is 0 Å². The minimum atomic E-state index is -4.32. The Bertz CT molecular complexity index is 399. The monoisotopic (exact) mass is 293 g/mol. The molecule has 0 heterocycles. The maximum absolute atomic E-state index is 12.6. The van der Waals surface area contributed by atoms with Gasteiger partial charge in [0.15, 0.2) is 0 Å². The highest BCUT2D eigenvalue weighted by molar-refractivity contribution is 9.10. The van der Waals surface area contributed by atoms with Crippen molar-refractivity contribution in [3.05, 3.63) is 33.8 Å². The molecule has 0 amide bonds. The predicted octanol–water partition coefficient (Wildman–Crippen LogP) is 3.88. The van der Waals surface area contributed by atoms with E-state index in [-0.39, 0.29) is 6.04 Å². The van der Waals surface area contributed by atoms with Crippen LogP contribution >= 0.6 is 15.9 Å². The third kappa shape index (κ3) is 2.58. The number of rotatable bonds is 2. The topological polar surface area (TPSA) is 26.0 Å². The van der Waals surface area contributed by atoms with Crippen molar-refractivity contribution in [1.82, 2.24) is 0 Å². The van der Waals surface area contributed by atoms with E-state index in [1.165, 1.54) is 0 Å². The Balaban J connectivity index is 2.35. The molecule has 2 N–H and O–H groups in total. The van der Waals surface area contributed by atoms with Gasteiger partial charge in [-0.25, -0.2) is 0 Å². The zero-order valence-corrected chi connectivity index (χ0v) is 9.98. The van der Waals surface area contributed by atoms with E-state index in [4.69, 9.17) is 5.73 Å². The van der Waals surface area contributed by atoms with Gasteiger partial charge in [0.2, 0.25) is 0 Å². The second-order valence-corrected chi connectivity index (χ2v) is 5.05.